The Bertz CT molecular complexity index is 1360. The number of hydrogen-bond acceptors (Lipinski definition) is 3. The van der Waals surface area contributed by atoms with E-state index in [1.165, 1.54) is 5.56 Å². The van der Waals surface area contributed by atoms with E-state index in [1.54, 1.807) is 0 Å². The van der Waals surface area contributed by atoms with Crippen LogP contribution < -0.4 is 5.32 Å². The minimum Gasteiger partial charge on any atom is -0.338 e. The van der Waals surface area contributed by atoms with Crippen molar-refractivity contribution >= 4 is 45.3 Å². The van der Waals surface area contributed by atoms with Gasteiger partial charge in [0.2, 0.25) is 5.95 Å². The van der Waals surface area contributed by atoms with Gasteiger partial charge in [0.1, 0.15) is 5.82 Å². The number of rotatable bonds is 3. The average molecular weight is 416 g/mol. The van der Waals surface area contributed by atoms with E-state index < -0.39 is 0 Å². The van der Waals surface area contributed by atoms with Gasteiger partial charge in [0, 0.05) is 16.3 Å². The molecule has 2 heterocycles. The van der Waals surface area contributed by atoms with E-state index in [0.717, 1.165) is 39.1 Å². The number of aromatic nitrogens is 4. The highest BCUT2D eigenvalue weighted by atomic mass is 35.5. The van der Waals surface area contributed by atoms with Crippen molar-refractivity contribution in [1.29, 1.82) is 0 Å². The van der Waals surface area contributed by atoms with Crippen molar-refractivity contribution in [3.05, 3.63) is 71.2 Å². The topological polar surface area (TPSA) is 69.4 Å². The van der Waals surface area contributed by atoms with Crippen LogP contribution in [-0.2, 0) is 5.41 Å². The first kappa shape index (κ1) is 18.7. The van der Waals surface area contributed by atoms with Gasteiger partial charge < -0.3 is 15.3 Å². The number of anilines is 2. The second-order valence-electron chi connectivity index (χ2n) is 8.52. The maximum Gasteiger partial charge on any atom is 0.205 e. The number of nitrogens with one attached hydrogen (secondary N) is 3. The molecule has 0 atom stereocenters. The molecular formula is C24H22ClN5. The third-order valence-electron chi connectivity index (χ3n) is 5.22. The van der Waals surface area contributed by atoms with Gasteiger partial charge in [-0.05, 0) is 59.5 Å². The van der Waals surface area contributed by atoms with Gasteiger partial charge in [-0.2, -0.15) is 0 Å². The third kappa shape index (κ3) is 3.53. The first-order valence-electron chi connectivity index (χ1n) is 9.88. The maximum atomic E-state index is 6.08. The van der Waals surface area contributed by atoms with Crippen LogP contribution in [0, 0.1) is 0 Å². The lowest BCUT2D eigenvalue weighted by Crippen LogP contribution is -2.10. The van der Waals surface area contributed by atoms with Crippen molar-refractivity contribution < 1.29 is 0 Å². The van der Waals surface area contributed by atoms with Crippen LogP contribution in [0.4, 0.5) is 11.6 Å². The molecule has 0 bridgehead atoms. The summed E-state index contributed by atoms with van der Waals surface area (Å²) in [7, 11) is 0. The van der Waals surface area contributed by atoms with Crippen molar-refractivity contribution in [2.24, 2.45) is 0 Å². The lowest BCUT2D eigenvalue weighted by molar-refractivity contribution is 0.590. The van der Waals surface area contributed by atoms with Crippen LogP contribution >= 0.6 is 11.6 Å². The van der Waals surface area contributed by atoms with Crippen LogP contribution in [0.1, 0.15) is 26.3 Å². The molecule has 0 unspecified atom stereocenters. The van der Waals surface area contributed by atoms with Crippen LogP contribution in [0.3, 0.4) is 0 Å². The Morgan fingerprint density at radius 1 is 0.800 bits per heavy atom. The first-order valence-corrected chi connectivity index (χ1v) is 10.3. The molecule has 0 saturated carbocycles. The highest BCUT2D eigenvalue weighted by Gasteiger charge is 2.13. The number of benzene rings is 3. The normalized spacial score (nSPS) is 12.0. The number of nitrogens with zero attached hydrogens (tertiary/aromatic N) is 2. The Hall–Kier alpha value is -3.31. The standard InChI is InChI=1S/C24H22ClN5/c1-24(2,3)15-5-8-17(9-6-15)26-23-29-19-10-4-14(12-20(19)30-23)22-27-18-11-7-16(25)13-21(18)28-22/h4-13H,1-3H3,(H,27,28)(H2,26,29,30). The van der Waals surface area contributed by atoms with Crippen LogP contribution in [0.25, 0.3) is 33.5 Å². The van der Waals surface area contributed by atoms with Crippen LogP contribution in [0.2, 0.25) is 5.02 Å². The van der Waals surface area contributed by atoms with Crippen LogP contribution in [0.15, 0.2) is 60.7 Å². The monoisotopic (exact) mass is 415 g/mol. The summed E-state index contributed by atoms with van der Waals surface area (Å²) in [6.07, 6.45) is 0. The highest BCUT2D eigenvalue weighted by Crippen LogP contribution is 2.27. The molecule has 3 aromatic carbocycles. The molecule has 0 aliphatic carbocycles. The van der Waals surface area contributed by atoms with Gasteiger partial charge in [-0.25, -0.2) is 9.97 Å². The summed E-state index contributed by atoms with van der Waals surface area (Å²) < 4.78 is 0. The summed E-state index contributed by atoms with van der Waals surface area (Å²) in [5.74, 6) is 1.51. The van der Waals surface area contributed by atoms with E-state index in [-0.39, 0.29) is 5.41 Å². The Morgan fingerprint density at radius 2 is 1.50 bits per heavy atom. The number of H-pyrrole nitrogens is 2. The van der Waals surface area contributed by atoms with Crippen molar-refractivity contribution in [2.45, 2.75) is 26.2 Å². The molecule has 0 aliphatic rings. The molecule has 0 saturated heterocycles. The first-order chi connectivity index (χ1) is 14.3. The van der Waals surface area contributed by atoms with Crippen molar-refractivity contribution in [1.82, 2.24) is 19.9 Å². The molecule has 2 aromatic heterocycles. The minimum absolute atomic E-state index is 0.135. The predicted octanol–water partition coefficient (Wildman–Crippen LogP) is 6.80. The van der Waals surface area contributed by atoms with Gasteiger partial charge in [0.05, 0.1) is 22.1 Å². The summed E-state index contributed by atoms with van der Waals surface area (Å²) in [4.78, 5) is 16.0. The van der Waals surface area contributed by atoms with E-state index in [1.807, 2.05) is 36.4 Å². The fourth-order valence-electron chi connectivity index (χ4n) is 3.52. The van der Waals surface area contributed by atoms with Crippen LogP contribution in [0.5, 0.6) is 0 Å². The fourth-order valence-corrected chi connectivity index (χ4v) is 3.68. The average Bonchev–Trinajstić information content (AvgIpc) is 3.29. The highest BCUT2D eigenvalue weighted by molar-refractivity contribution is 6.31. The number of fused-ring (bicyclic) bond motifs is 2. The number of halogens is 1. The smallest absolute Gasteiger partial charge is 0.205 e. The van der Waals surface area contributed by atoms with Gasteiger partial charge >= 0.3 is 0 Å². The molecule has 5 aromatic rings. The second kappa shape index (κ2) is 6.89. The zero-order valence-corrected chi connectivity index (χ0v) is 17.8. The molecular weight excluding hydrogens is 394 g/mol. The second-order valence-corrected chi connectivity index (χ2v) is 8.95. The summed E-state index contributed by atoms with van der Waals surface area (Å²) >= 11 is 6.08. The van der Waals surface area contributed by atoms with Gasteiger partial charge in [-0.15, -0.1) is 0 Å². The molecule has 0 radical (unpaired) electrons. The van der Waals surface area contributed by atoms with E-state index in [2.05, 4.69) is 65.3 Å². The minimum atomic E-state index is 0.135. The predicted molar refractivity (Wildman–Crippen MR) is 125 cm³/mol. The fraction of sp³-hybridized carbons (Fsp3) is 0.167. The van der Waals surface area contributed by atoms with Gasteiger partial charge in [-0.3, -0.25) is 0 Å². The van der Waals surface area contributed by atoms with Crippen molar-refractivity contribution in [2.75, 3.05) is 5.32 Å². The number of imidazole rings is 2. The van der Waals surface area contributed by atoms with Crippen LogP contribution in [-0.4, -0.2) is 19.9 Å². The molecule has 0 amide bonds. The summed E-state index contributed by atoms with van der Waals surface area (Å²) in [5, 5.41) is 4.03. The lowest BCUT2D eigenvalue weighted by atomic mass is 9.87. The SMILES string of the molecule is CC(C)(C)c1ccc(Nc2nc3cc(-c4nc5cc(Cl)ccc5[nH]4)ccc3[nH]2)cc1. The Balaban J connectivity index is 1.43. The summed E-state index contributed by atoms with van der Waals surface area (Å²) in [6.45, 7) is 6.63. The summed E-state index contributed by atoms with van der Waals surface area (Å²) in [5.41, 5.74) is 7.05. The van der Waals surface area contributed by atoms with E-state index >= 15 is 0 Å². The Labute approximate surface area is 179 Å². The molecule has 3 N–H and O–H groups in total. The molecule has 5 nitrogen and oxygen atoms in total. The molecule has 150 valence electrons. The molecule has 30 heavy (non-hydrogen) atoms. The number of aromatic amines is 2. The van der Waals surface area contributed by atoms with E-state index in [4.69, 9.17) is 16.6 Å². The van der Waals surface area contributed by atoms with Gasteiger partial charge in [0.25, 0.3) is 0 Å². The molecule has 6 heteroatoms. The third-order valence-corrected chi connectivity index (χ3v) is 5.45. The molecule has 5 rings (SSSR count). The van der Waals surface area contributed by atoms with Crippen molar-refractivity contribution in [3.8, 4) is 11.4 Å². The summed E-state index contributed by atoms with van der Waals surface area (Å²) in [6, 6.07) is 20.2. The zero-order chi connectivity index (χ0) is 20.9. The molecule has 0 spiro atoms. The zero-order valence-electron chi connectivity index (χ0n) is 17.0. The lowest BCUT2D eigenvalue weighted by Gasteiger charge is -2.19. The molecule has 0 aliphatic heterocycles. The van der Waals surface area contributed by atoms with E-state index in [0.29, 0.717) is 11.0 Å². The Kier molecular flexibility index (Phi) is 4.29. The molecule has 0 fully saturated rings. The van der Waals surface area contributed by atoms with Gasteiger partial charge in [-0.1, -0.05) is 44.5 Å². The maximum absolute atomic E-state index is 6.08. The largest absolute Gasteiger partial charge is 0.338 e. The Morgan fingerprint density at radius 3 is 2.27 bits per heavy atom. The quantitative estimate of drug-likeness (QED) is 0.303. The van der Waals surface area contributed by atoms with Crippen molar-refractivity contribution in [3.63, 3.8) is 0 Å². The van der Waals surface area contributed by atoms with Gasteiger partial charge in [0.15, 0.2) is 0 Å². The van der Waals surface area contributed by atoms with E-state index in [9.17, 15) is 0 Å². The number of hydrogen-bond donors (Lipinski definition) is 3.